The molecular weight excluding hydrogens is 252 g/mol. The fourth-order valence-corrected chi connectivity index (χ4v) is 1.83. The Hall–Kier alpha value is -1.88. The third-order valence-electron chi connectivity index (χ3n) is 2.61. The van der Waals surface area contributed by atoms with E-state index in [0.29, 0.717) is 11.9 Å². The highest BCUT2D eigenvalue weighted by Gasteiger charge is 2.15. The molecule has 20 heavy (non-hydrogen) atoms. The Labute approximate surface area is 120 Å². The maximum absolute atomic E-state index is 5.62. The fourth-order valence-electron chi connectivity index (χ4n) is 1.83. The van der Waals surface area contributed by atoms with Gasteiger partial charge in [-0.3, -0.25) is 0 Å². The zero-order valence-electron chi connectivity index (χ0n) is 12.8. The van der Waals surface area contributed by atoms with Crippen LogP contribution in [0.1, 0.15) is 26.3 Å². The van der Waals surface area contributed by atoms with Crippen LogP contribution in [-0.2, 0) is 6.54 Å². The van der Waals surface area contributed by atoms with Crippen molar-refractivity contribution in [3.63, 3.8) is 0 Å². The van der Waals surface area contributed by atoms with Gasteiger partial charge in [0.15, 0.2) is 0 Å². The van der Waals surface area contributed by atoms with Crippen molar-refractivity contribution < 1.29 is 4.42 Å². The van der Waals surface area contributed by atoms with E-state index in [4.69, 9.17) is 4.42 Å². The lowest BCUT2D eigenvalue weighted by Crippen LogP contribution is -2.26. The van der Waals surface area contributed by atoms with Gasteiger partial charge in [-0.25, -0.2) is 0 Å². The molecule has 0 aliphatic rings. The molecule has 2 aromatic rings. The Morgan fingerprint density at radius 3 is 2.30 bits per heavy atom. The van der Waals surface area contributed by atoms with Crippen LogP contribution in [0.4, 0.5) is 6.01 Å². The van der Waals surface area contributed by atoms with E-state index in [1.807, 2.05) is 32.9 Å². The van der Waals surface area contributed by atoms with Crippen LogP contribution < -0.4 is 5.32 Å². The van der Waals surface area contributed by atoms with Crippen molar-refractivity contribution in [1.29, 1.82) is 0 Å². The number of anilines is 1. The number of hydrogen-bond acceptors (Lipinski definition) is 5. The second-order valence-electron chi connectivity index (χ2n) is 6.22. The Morgan fingerprint density at radius 2 is 1.75 bits per heavy atom. The molecule has 0 saturated carbocycles. The third kappa shape index (κ3) is 4.06. The van der Waals surface area contributed by atoms with Gasteiger partial charge in [0.1, 0.15) is 0 Å². The largest absolute Gasteiger partial charge is 0.403 e. The lowest BCUT2D eigenvalue weighted by atomic mass is 10.1. The average molecular weight is 274 g/mol. The lowest BCUT2D eigenvalue weighted by molar-refractivity contribution is 0.402. The van der Waals surface area contributed by atoms with Crippen molar-refractivity contribution in [3.05, 3.63) is 29.8 Å². The summed E-state index contributed by atoms with van der Waals surface area (Å²) < 4.78 is 5.62. The standard InChI is InChI=1S/C15H22N4O/c1-15(2,3)16-14-18-17-13(20-14)12-8-6-11(7-9-12)10-19(4)5/h6-9H,10H2,1-5H3,(H,16,18). The van der Waals surface area contributed by atoms with Crippen LogP contribution in [0, 0.1) is 0 Å². The first-order valence-corrected chi connectivity index (χ1v) is 6.69. The monoisotopic (exact) mass is 274 g/mol. The highest BCUT2D eigenvalue weighted by atomic mass is 16.4. The first-order chi connectivity index (χ1) is 9.33. The molecule has 1 N–H and O–H groups in total. The minimum Gasteiger partial charge on any atom is -0.403 e. The van der Waals surface area contributed by atoms with Gasteiger partial charge in [-0.15, -0.1) is 5.10 Å². The predicted octanol–water partition coefficient (Wildman–Crippen LogP) is 3.01. The molecule has 0 bridgehead atoms. The number of benzene rings is 1. The molecule has 0 aliphatic heterocycles. The summed E-state index contributed by atoms with van der Waals surface area (Å²) in [4.78, 5) is 2.13. The van der Waals surface area contributed by atoms with Gasteiger partial charge in [0, 0.05) is 17.6 Å². The lowest BCUT2D eigenvalue weighted by Gasteiger charge is -2.17. The number of nitrogens with one attached hydrogen (secondary N) is 1. The normalized spacial score (nSPS) is 11.9. The van der Waals surface area contributed by atoms with Crippen LogP contribution in [0.3, 0.4) is 0 Å². The van der Waals surface area contributed by atoms with Crippen LogP contribution in [0.15, 0.2) is 28.7 Å². The molecule has 0 spiro atoms. The maximum atomic E-state index is 5.62. The highest BCUT2D eigenvalue weighted by molar-refractivity contribution is 5.54. The van der Waals surface area contributed by atoms with E-state index in [1.54, 1.807) is 0 Å². The molecule has 1 aromatic carbocycles. The predicted molar refractivity (Wildman–Crippen MR) is 80.5 cm³/mol. The topological polar surface area (TPSA) is 54.2 Å². The summed E-state index contributed by atoms with van der Waals surface area (Å²) in [5.74, 6) is 0.535. The van der Waals surface area contributed by atoms with Crippen LogP contribution in [0.25, 0.3) is 11.5 Å². The van der Waals surface area contributed by atoms with Crippen molar-refractivity contribution in [2.24, 2.45) is 0 Å². The van der Waals surface area contributed by atoms with E-state index in [-0.39, 0.29) is 5.54 Å². The smallest absolute Gasteiger partial charge is 0.316 e. The number of aromatic nitrogens is 2. The van der Waals surface area contributed by atoms with Gasteiger partial charge in [0.2, 0.25) is 5.89 Å². The van der Waals surface area contributed by atoms with Gasteiger partial charge in [0.25, 0.3) is 0 Å². The average Bonchev–Trinajstić information content (AvgIpc) is 2.75. The molecule has 0 radical (unpaired) electrons. The van der Waals surface area contributed by atoms with Crippen molar-refractivity contribution >= 4 is 6.01 Å². The van der Waals surface area contributed by atoms with Gasteiger partial charge in [-0.2, -0.15) is 0 Å². The van der Waals surface area contributed by atoms with Crippen molar-refractivity contribution in [2.75, 3.05) is 19.4 Å². The summed E-state index contributed by atoms with van der Waals surface area (Å²) >= 11 is 0. The van der Waals surface area contributed by atoms with Gasteiger partial charge < -0.3 is 14.6 Å². The first kappa shape index (κ1) is 14.5. The van der Waals surface area contributed by atoms with E-state index in [2.05, 4.69) is 46.6 Å². The zero-order valence-corrected chi connectivity index (χ0v) is 12.8. The number of nitrogens with zero attached hydrogens (tertiary/aromatic N) is 3. The molecule has 0 unspecified atom stereocenters. The molecule has 0 amide bonds. The van der Waals surface area contributed by atoms with Gasteiger partial charge >= 0.3 is 6.01 Å². The minimum absolute atomic E-state index is 0.0978. The third-order valence-corrected chi connectivity index (χ3v) is 2.61. The van der Waals surface area contributed by atoms with Crippen LogP contribution >= 0.6 is 0 Å². The molecule has 0 fully saturated rings. The summed E-state index contributed by atoms with van der Waals surface area (Å²) in [6, 6.07) is 8.62. The molecule has 0 atom stereocenters. The quantitative estimate of drug-likeness (QED) is 0.928. The van der Waals surface area contributed by atoms with E-state index < -0.39 is 0 Å². The van der Waals surface area contributed by atoms with Crippen LogP contribution in [0.5, 0.6) is 0 Å². The van der Waals surface area contributed by atoms with E-state index in [9.17, 15) is 0 Å². The summed E-state index contributed by atoms with van der Waals surface area (Å²) in [6.45, 7) is 7.06. The molecule has 5 nitrogen and oxygen atoms in total. The van der Waals surface area contributed by atoms with Gasteiger partial charge in [0.05, 0.1) is 0 Å². The summed E-state index contributed by atoms with van der Waals surface area (Å²) in [7, 11) is 4.10. The highest BCUT2D eigenvalue weighted by Crippen LogP contribution is 2.22. The molecular formula is C15H22N4O. The second-order valence-corrected chi connectivity index (χ2v) is 6.22. The second kappa shape index (κ2) is 5.63. The molecule has 108 valence electrons. The van der Waals surface area contributed by atoms with Crippen LogP contribution in [0.2, 0.25) is 0 Å². The van der Waals surface area contributed by atoms with Crippen molar-refractivity contribution in [1.82, 2.24) is 15.1 Å². The molecule has 1 heterocycles. The molecule has 0 saturated heterocycles. The van der Waals surface area contributed by atoms with Crippen molar-refractivity contribution in [3.8, 4) is 11.5 Å². The fraction of sp³-hybridized carbons (Fsp3) is 0.467. The van der Waals surface area contributed by atoms with Gasteiger partial charge in [-0.05, 0) is 52.6 Å². The molecule has 5 heteroatoms. The van der Waals surface area contributed by atoms with Gasteiger partial charge in [-0.1, -0.05) is 17.2 Å². The van der Waals surface area contributed by atoms with E-state index >= 15 is 0 Å². The molecule has 1 aromatic heterocycles. The minimum atomic E-state index is -0.0978. The Kier molecular flexibility index (Phi) is 4.09. The number of hydrogen-bond donors (Lipinski definition) is 1. The van der Waals surface area contributed by atoms with Crippen molar-refractivity contribution in [2.45, 2.75) is 32.9 Å². The molecule has 0 aliphatic carbocycles. The zero-order chi connectivity index (χ0) is 14.8. The first-order valence-electron chi connectivity index (χ1n) is 6.69. The SMILES string of the molecule is CN(C)Cc1ccc(-c2nnc(NC(C)(C)C)o2)cc1. The van der Waals surface area contributed by atoms with E-state index in [0.717, 1.165) is 12.1 Å². The maximum Gasteiger partial charge on any atom is 0.316 e. The Bertz CT molecular complexity index is 552. The number of rotatable bonds is 4. The summed E-state index contributed by atoms with van der Waals surface area (Å²) in [5, 5.41) is 11.2. The Balaban J connectivity index is 2.12. The Morgan fingerprint density at radius 1 is 1.10 bits per heavy atom. The van der Waals surface area contributed by atoms with Crippen LogP contribution in [-0.4, -0.2) is 34.7 Å². The molecule has 2 rings (SSSR count). The van der Waals surface area contributed by atoms with E-state index in [1.165, 1.54) is 5.56 Å². The summed E-state index contributed by atoms with van der Waals surface area (Å²) in [5.41, 5.74) is 2.09. The summed E-state index contributed by atoms with van der Waals surface area (Å²) in [6.07, 6.45) is 0.